The van der Waals surface area contributed by atoms with E-state index >= 15 is 0 Å². The molecule has 1 saturated heterocycles. The maximum atomic E-state index is 13.5. The SMILES string of the molecule is COc1ccc([C@H]2Nn3c(C)nnc3S[C@H]2C(=O)N2CCCCCC2)cc1Cl. The molecule has 2 aliphatic rings. The molecule has 0 radical (unpaired) electrons. The Kier molecular flexibility index (Phi) is 5.68. The fourth-order valence-corrected chi connectivity index (χ4v) is 5.22. The molecule has 0 saturated carbocycles. The zero-order valence-corrected chi connectivity index (χ0v) is 17.6. The number of nitrogens with one attached hydrogen (secondary N) is 1. The second kappa shape index (κ2) is 8.21. The van der Waals surface area contributed by atoms with Crippen molar-refractivity contribution in [1.29, 1.82) is 0 Å². The van der Waals surface area contributed by atoms with Crippen molar-refractivity contribution in [2.24, 2.45) is 0 Å². The maximum absolute atomic E-state index is 13.5. The molecule has 2 atom stereocenters. The summed E-state index contributed by atoms with van der Waals surface area (Å²) < 4.78 is 7.12. The summed E-state index contributed by atoms with van der Waals surface area (Å²) in [6.45, 7) is 3.52. The van der Waals surface area contributed by atoms with Crippen molar-refractivity contribution in [3.05, 3.63) is 34.6 Å². The van der Waals surface area contributed by atoms with Gasteiger partial charge in [0, 0.05) is 13.1 Å². The predicted molar refractivity (Wildman–Crippen MR) is 110 cm³/mol. The van der Waals surface area contributed by atoms with Crippen LogP contribution < -0.4 is 10.2 Å². The Morgan fingerprint density at radius 2 is 2.00 bits per heavy atom. The molecule has 2 aliphatic heterocycles. The number of ether oxygens (including phenoxy) is 1. The van der Waals surface area contributed by atoms with E-state index in [0.29, 0.717) is 15.9 Å². The summed E-state index contributed by atoms with van der Waals surface area (Å²) in [6, 6.07) is 5.42. The molecule has 0 unspecified atom stereocenters. The number of hydrogen-bond acceptors (Lipinski definition) is 6. The Balaban J connectivity index is 1.68. The van der Waals surface area contributed by atoms with Crippen LogP contribution in [0.25, 0.3) is 0 Å². The quantitative estimate of drug-likeness (QED) is 0.818. The van der Waals surface area contributed by atoms with Gasteiger partial charge in [0.15, 0.2) is 0 Å². The second-order valence-electron chi connectivity index (χ2n) is 7.14. The lowest BCUT2D eigenvalue weighted by Gasteiger charge is -2.35. The summed E-state index contributed by atoms with van der Waals surface area (Å²) in [5.41, 5.74) is 4.37. The molecule has 0 aliphatic carbocycles. The minimum Gasteiger partial charge on any atom is -0.495 e. The monoisotopic (exact) mass is 421 g/mol. The highest BCUT2D eigenvalue weighted by Gasteiger charge is 2.39. The standard InChI is InChI=1S/C19H24ClN5O2S/c1-12-21-22-19-25(12)23-16(13-7-8-15(27-2)14(20)11-13)17(28-19)18(26)24-9-5-3-4-6-10-24/h7-8,11,16-17,23H,3-6,9-10H2,1-2H3/t16-,17-/m1/s1. The molecule has 150 valence electrons. The Morgan fingerprint density at radius 3 is 2.68 bits per heavy atom. The van der Waals surface area contributed by atoms with Crippen molar-refractivity contribution in [2.75, 3.05) is 25.6 Å². The van der Waals surface area contributed by atoms with E-state index in [1.165, 1.54) is 24.6 Å². The van der Waals surface area contributed by atoms with E-state index in [1.807, 2.05) is 34.7 Å². The number of halogens is 1. The average Bonchev–Trinajstić information content (AvgIpc) is 2.90. The minimum absolute atomic E-state index is 0.142. The van der Waals surface area contributed by atoms with Crippen molar-refractivity contribution in [2.45, 2.75) is 49.1 Å². The van der Waals surface area contributed by atoms with Gasteiger partial charge < -0.3 is 15.1 Å². The number of aromatic nitrogens is 3. The van der Waals surface area contributed by atoms with Gasteiger partial charge in [-0.15, -0.1) is 10.2 Å². The molecular weight excluding hydrogens is 398 g/mol. The van der Waals surface area contributed by atoms with E-state index in [9.17, 15) is 4.79 Å². The third kappa shape index (κ3) is 3.67. The highest BCUT2D eigenvalue weighted by atomic mass is 35.5. The number of thioether (sulfide) groups is 1. The van der Waals surface area contributed by atoms with Gasteiger partial charge in [0.1, 0.15) is 16.8 Å². The molecule has 1 fully saturated rings. The van der Waals surface area contributed by atoms with Crippen LogP contribution in [0.4, 0.5) is 0 Å². The first-order valence-electron chi connectivity index (χ1n) is 9.56. The Hall–Kier alpha value is -1.93. The molecule has 1 amide bonds. The lowest BCUT2D eigenvalue weighted by Crippen LogP contribution is -2.46. The molecule has 3 heterocycles. The second-order valence-corrected chi connectivity index (χ2v) is 8.66. The van der Waals surface area contributed by atoms with Crippen LogP contribution in [0, 0.1) is 6.92 Å². The third-order valence-electron chi connectivity index (χ3n) is 5.29. The summed E-state index contributed by atoms with van der Waals surface area (Å²) in [7, 11) is 1.59. The largest absolute Gasteiger partial charge is 0.495 e. The molecule has 0 spiro atoms. The van der Waals surface area contributed by atoms with Gasteiger partial charge in [0.05, 0.1) is 18.2 Å². The van der Waals surface area contributed by atoms with Crippen LogP contribution in [0.1, 0.15) is 43.1 Å². The zero-order valence-electron chi connectivity index (χ0n) is 16.0. The van der Waals surface area contributed by atoms with E-state index in [4.69, 9.17) is 16.3 Å². The molecule has 0 bridgehead atoms. The Bertz CT molecular complexity index is 866. The first-order valence-corrected chi connectivity index (χ1v) is 10.8. The summed E-state index contributed by atoms with van der Waals surface area (Å²) >= 11 is 7.84. The third-order valence-corrected chi connectivity index (χ3v) is 6.79. The van der Waals surface area contributed by atoms with Gasteiger partial charge in [0.2, 0.25) is 11.1 Å². The topological polar surface area (TPSA) is 72.3 Å². The summed E-state index contributed by atoms with van der Waals surface area (Å²) in [6.07, 6.45) is 4.49. The molecule has 9 heteroatoms. The number of carbonyl (C=O) groups excluding carboxylic acids is 1. The fraction of sp³-hybridized carbons (Fsp3) is 0.526. The smallest absolute Gasteiger partial charge is 0.238 e. The van der Waals surface area contributed by atoms with Crippen LogP contribution in [0.2, 0.25) is 5.02 Å². The molecule has 1 aromatic heterocycles. The average molecular weight is 422 g/mol. The lowest BCUT2D eigenvalue weighted by molar-refractivity contribution is -0.131. The van der Waals surface area contributed by atoms with Gasteiger partial charge in [-0.1, -0.05) is 42.3 Å². The van der Waals surface area contributed by atoms with E-state index < -0.39 is 0 Å². The van der Waals surface area contributed by atoms with Crippen LogP contribution in [-0.2, 0) is 4.79 Å². The molecule has 28 heavy (non-hydrogen) atoms. The Labute approximate surface area is 173 Å². The highest BCUT2D eigenvalue weighted by Crippen LogP contribution is 2.39. The van der Waals surface area contributed by atoms with Gasteiger partial charge in [0.25, 0.3) is 0 Å². The van der Waals surface area contributed by atoms with Crippen LogP contribution in [-0.4, -0.2) is 51.1 Å². The van der Waals surface area contributed by atoms with Crippen LogP contribution in [0.15, 0.2) is 23.4 Å². The number of hydrogen-bond donors (Lipinski definition) is 1. The summed E-state index contributed by atoms with van der Waals surface area (Å²) in [5.74, 6) is 1.52. The number of likely N-dealkylation sites (tertiary alicyclic amines) is 1. The molecule has 1 aromatic carbocycles. The van der Waals surface area contributed by atoms with Crippen molar-refractivity contribution in [3.8, 4) is 5.75 Å². The summed E-state index contributed by atoms with van der Waals surface area (Å²) in [5, 5.41) is 9.28. The number of amides is 1. The van der Waals surface area contributed by atoms with E-state index in [0.717, 1.165) is 37.3 Å². The number of benzene rings is 1. The highest BCUT2D eigenvalue weighted by molar-refractivity contribution is 8.00. The summed E-state index contributed by atoms with van der Waals surface area (Å²) in [4.78, 5) is 15.5. The van der Waals surface area contributed by atoms with Gasteiger partial charge in [-0.2, -0.15) is 0 Å². The molecule has 7 nitrogen and oxygen atoms in total. The van der Waals surface area contributed by atoms with Crippen molar-refractivity contribution >= 4 is 29.3 Å². The first kappa shape index (κ1) is 19.4. The number of aryl methyl sites for hydroxylation is 1. The molecule has 4 rings (SSSR count). The van der Waals surface area contributed by atoms with Gasteiger partial charge in [-0.25, -0.2) is 4.68 Å². The lowest BCUT2D eigenvalue weighted by atomic mass is 10.0. The van der Waals surface area contributed by atoms with Gasteiger partial charge in [-0.05, 0) is 37.5 Å². The first-order chi connectivity index (χ1) is 13.6. The van der Waals surface area contributed by atoms with Crippen molar-refractivity contribution in [3.63, 3.8) is 0 Å². The van der Waals surface area contributed by atoms with Gasteiger partial charge in [-0.3, -0.25) is 4.79 Å². The van der Waals surface area contributed by atoms with Crippen molar-refractivity contribution in [1.82, 2.24) is 19.8 Å². The van der Waals surface area contributed by atoms with Gasteiger partial charge >= 0.3 is 0 Å². The number of methoxy groups -OCH3 is 1. The normalized spacial score (nSPS) is 22.2. The zero-order chi connectivity index (χ0) is 19.7. The minimum atomic E-state index is -0.335. The van der Waals surface area contributed by atoms with E-state index in [1.54, 1.807) is 7.11 Å². The number of nitrogens with zero attached hydrogens (tertiary/aromatic N) is 4. The van der Waals surface area contributed by atoms with E-state index in [-0.39, 0.29) is 17.2 Å². The molecule has 1 N–H and O–H groups in total. The molecular formula is C19H24ClN5O2S. The van der Waals surface area contributed by atoms with Crippen LogP contribution in [0.3, 0.4) is 0 Å². The number of carbonyl (C=O) groups is 1. The number of fused-ring (bicyclic) bond motifs is 1. The molecule has 2 aromatic rings. The van der Waals surface area contributed by atoms with Crippen molar-refractivity contribution < 1.29 is 9.53 Å². The predicted octanol–water partition coefficient (Wildman–Crippen LogP) is 3.41. The maximum Gasteiger partial charge on any atom is 0.238 e. The van der Waals surface area contributed by atoms with Crippen LogP contribution >= 0.6 is 23.4 Å². The van der Waals surface area contributed by atoms with E-state index in [2.05, 4.69) is 15.6 Å². The fourth-order valence-electron chi connectivity index (χ4n) is 3.75. The number of rotatable bonds is 3. The van der Waals surface area contributed by atoms with Crippen LogP contribution in [0.5, 0.6) is 5.75 Å². The Morgan fingerprint density at radius 1 is 1.25 bits per heavy atom.